The normalized spacial score (nSPS) is 11.0. The van der Waals surface area contributed by atoms with Crippen LogP contribution in [0.2, 0.25) is 10.3 Å². The van der Waals surface area contributed by atoms with E-state index in [-0.39, 0.29) is 0 Å². The number of thioether (sulfide) groups is 1. The zero-order valence-corrected chi connectivity index (χ0v) is 8.83. The van der Waals surface area contributed by atoms with Crippen LogP contribution in [0.1, 0.15) is 0 Å². The number of aromatic nitrogens is 4. The Hall–Kier alpha value is -0.520. The lowest BCUT2D eigenvalue weighted by Crippen LogP contribution is -1.87. The van der Waals surface area contributed by atoms with Crippen molar-refractivity contribution in [1.29, 1.82) is 0 Å². The first kappa shape index (κ1) is 9.05. The average Bonchev–Trinajstić information content (AvgIpc) is 2.48. The van der Waals surface area contributed by atoms with E-state index < -0.39 is 0 Å². The Morgan fingerprint density at radius 2 is 2.08 bits per heavy atom. The van der Waals surface area contributed by atoms with Gasteiger partial charge in [0.25, 0.3) is 0 Å². The number of H-pyrrole nitrogens is 1. The van der Waals surface area contributed by atoms with Gasteiger partial charge in [0.15, 0.2) is 10.8 Å². The number of hydrogen-bond donors (Lipinski definition) is 1. The molecule has 0 aliphatic rings. The molecular formula is C6H4Cl2N4S. The number of nitrogens with one attached hydrogen (secondary N) is 1. The number of aromatic amines is 1. The second kappa shape index (κ2) is 3.32. The van der Waals surface area contributed by atoms with Crippen LogP contribution in [0.3, 0.4) is 0 Å². The van der Waals surface area contributed by atoms with Crippen LogP contribution in [-0.2, 0) is 0 Å². The van der Waals surface area contributed by atoms with Crippen LogP contribution in [0.25, 0.3) is 11.0 Å². The van der Waals surface area contributed by atoms with E-state index in [9.17, 15) is 0 Å². The first-order valence-electron chi connectivity index (χ1n) is 3.33. The molecule has 0 saturated heterocycles. The summed E-state index contributed by atoms with van der Waals surface area (Å²) in [4.78, 5) is 8.14. The van der Waals surface area contributed by atoms with Gasteiger partial charge < -0.3 is 0 Å². The molecule has 2 aromatic rings. The van der Waals surface area contributed by atoms with Crippen molar-refractivity contribution < 1.29 is 0 Å². The van der Waals surface area contributed by atoms with E-state index in [1.54, 1.807) is 0 Å². The van der Waals surface area contributed by atoms with Gasteiger partial charge in [-0.15, -0.1) is 0 Å². The predicted molar refractivity (Wildman–Crippen MR) is 53.5 cm³/mol. The first-order valence-corrected chi connectivity index (χ1v) is 5.31. The lowest BCUT2D eigenvalue weighted by molar-refractivity contribution is 0.985. The summed E-state index contributed by atoms with van der Waals surface area (Å²) in [6.07, 6.45) is 1.87. The molecule has 0 saturated carbocycles. The van der Waals surface area contributed by atoms with E-state index in [4.69, 9.17) is 23.2 Å². The van der Waals surface area contributed by atoms with Crippen molar-refractivity contribution in [3.05, 3.63) is 10.3 Å². The van der Waals surface area contributed by atoms with Crippen LogP contribution in [0.4, 0.5) is 0 Å². The summed E-state index contributed by atoms with van der Waals surface area (Å²) in [5.41, 5.74) is 0.495. The topological polar surface area (TPSA) is 54.5 Å². The van der Waals surface area contributed by atoms with Crippen LogP contribution in [0, 0.1) is 0 Å². The van der Waals surface area contributed by atoms with Crippen LogP contribution < -0.4 is 0 Å². The fourth-order valence-electron chi connectivity index (χ4n) is 0.922. The van der Waals surface area contributed by atoms with E-state index >= 15 is 0 Å². The van der Waals surface area contributed by atoms with Gasteiger partial charge in [0.2, 0.25) is 0 Å². The molecule has 13 heavy (non-hydrogen) atoms. The first-order chi connectivity index (χ1) is 6.22. The second-order valence-corrected chi connectivity index (χ2v) is 3.75. The summed E-state index contributed by atoms with van der Waals surface area (Å²) in [6, 6.07) is 0. The zero-order chi connectivity index (χ0) is 9.42. The Morgan fingerprint density at radius 1 is 1.31 bits per heavy atom. The molecule has 0 aliphatic carbocycles. The number of halogens is 2. The van der Waals surface area contributed by atoms with E-state index in [2.05, 4.69) is 20.2 Å². The van der Waals surface area contributed by atoms with Crippen LogP contribution in [-0.4, -0.2) is 26.4 Å². The molecule has 0 fully saturated rings. The fourth-order valence-corrected chi connectivity index (χ4v) is 1.86. The van der Waals surface area contributed by atoms with E-state index in [1.807, 2.05) is 6.26 Å². The molecule has 0 radical (unpaired) electrons. The zero-order valence-electron chi connectivity index (χ0n) is 6.51. The van der Waals surface area contributed by atoms with E-state index in [1.165, 1.54) is 11.8 Å². The highest BCUT2D eigenvalue weighted by molar-refractivity contribution is 7.98. The number of fused-ring (bicyclic) bond motifs is 1. The standard InChI is InChI=1S/C6H4Cl2N4S/c1-13-6-9-3(7)2-4(8)11-12-5(2)10-6/h1H3,(H,9,10,11,12). The number of rotatable bonds is 1. The average molecular weight is 235 g/mol. The molecule has 2 rings (SSSR count). The summed E-state index contributed by atoms with van der Waals surface area (Å²) in [5.74, 6) is 0. The molecule has 1 N–H and O–H groups in total. The maximum atomic E-state index is 5.88. The number of hydrogen-bond acceptors (Lipinski definition) is 4. The predicted octanol–water partition coefficient (Wildman–Crippen LogP) is 2.38. The molecule has 4 nitrogen and oxygen atoms in total. The minimum atomic E-state index is 0.327. The smallest absolute Gasteiger partial charge is 0.190 e. The SMILES string of the molecule is CSc1nc(Cl)c2c(Cl)[nH]nc2n1. The molecule has 0 unspecified atom stereocenters. The molecule has 0 amide bonds. The lowest BCUT2D eigenvalue weighted by atomic mass is 10.4. The monoisotopic (exact) mass is 234 g/mol. The van der Waals surface area contributed by atoms with Crippen molar-refractivity contribution in [2.24, 2.45) is 0 Å². The van der Waals surface area contributed by atoms with Crippen molar-refractivity contribution in [3.63, 3.8) is 0 Å². The third-order valence-electron chi connectivity index (χ3n) is 1.49. The van der Waals surface area contributed by atoms with Crippen molar-refractivity contribution in [2.45, 2.75) is 5.16 Å². The van der Waals surface area contributed by atoms with E-state index in [0.717, 1.165) is 0 Å². The minimum Gasteiger partial charge on any atom is -0.264 e. The largest absolute Gasteiger partial charge is 0.264 e. The van der Waals surface area contributed by atoms with Gasteiger partial charge in [-0.2, -0.15) is 5.10 Å². The van der Waals surface area contributed by atoms with Gasteiger partial charge in [0.05, 0.1) is 5.39 Å². The summed E-state index contributed by atoms with van der Waals surface area (Å²) < 4.78 is 0. The van der Waals surface area contributed by atoms with Crippen molar-refractivity contribution >= 4 is 46.0 Å². The quantitative estimate of drug-likeness (QED) is 0.468. The molecule has 0 spiro atoms. The van der Waals surface area contributed by atoms with Crippen molar-refractivity contribution in [2.75, 3.05) is 6.26 Å². The summed E-state index contributed by atoms with van der Waals surface area (Å²) in [7, 11) is 0. The third kappa shape index (κ3) is 1.47. The molecule has 68 valence electrons. The minimum absolute atomic E-state index is 0.327. The van der Waals surface area contributed by atoms with Crippen LogP contribution in [0.5, 0.6) is 0 Å². The second-order valence-electron chi connectivity index (χ2n) is 2.24. The summed E-state index contributed by atoms with van der Waals surface area (Å²) in [5, 5.41) is 8.32. The molecular weight excluding hydrogens is 231 g/mol. The molecule has 0 atom stereocenters. The molecule has 0 bridgehead atoms. The maximum Gasteiger partial charge on any atom is 0.190 e. The van der Waals surface area contributed by atoms with Gasteiger partial charge in [-0.3, -0.25) is 5.10 Å². The Bertz CT molecular complexity index is 455. The summed E-state index contributed by atoms with van der Waals surface area (Å²) >= 11 is 13.1. The van der Waals surface area contributed by atoms with Gasteiger partial charge in [0, 0.05) is 0 Å². The van der Waals surface area contributed by atoms with Gasteiger partial charge in [-0.1, -0.05) is 35.0 Å². The van der Waals surface area contributed by atoms with Crippen molar-refractivity contribution in [3.8, 4) is 0 Å². The van der Waals surface area contributed by atoms with Gasteiger partial charge >= 0.3 is 0 Å². The van der Waals surface area contributed by atoms with Crippen LogP contribution >= 0.6 is 35.0 Å². The highest BCUT2D eigenvalue weighted by Crippen LogP contribution is 2.27. The van der Waals surface area contributed by atoms with Gasteiger partial charge in [-0.05, 0) is 6.26 Å². The van der Waals surface area contributed by atoms with Gasteiger partial charge in [-0.25, -0.2) is 9.97 Å². The highest BCUT2D eigenvalue weighted by Gasteiger charge is 2.11. The molecule has 0 aliphatic heterocycles. The molecule has 7 heteroatoms. The molecule has 0 aromatic carbocycles. The number of nitrogens with zero attached hydrogens (tertiary/aromatic N) is 3. The maximum absolute atomic E-state index is 5.88. The third-order valence-corrected chi connectivity index (χ3v) is 2.58. The Balaban J connectivity index is 2.79. The van der Waals surface area contributed by atoms with Crippen LogP contribution in [0.15, 0.2) is 5.16 Å². The Kier molecular flexibility index (Phi) is 2.31. The molecule has 2 heterocycles. The Labute approximate surface area is 88.0 Å². The fraction of sp³-hybridized carbons (Fsp3) is 0.167. The van der Waals surface area contributed by atoms with Gasteiger partial charge in [0.1, 0.15) is 10.3 Å². The summed E-state index contributed by atoms with van der Waals surface area (Å²) in [6.45, 7) is 0. The highest BCUT2D eigenvalue weighted by atomic mass is 35.5. The lowest BCUT2D eigenvalue weighted by Gasteiger charge is -1.95. The Morgan fingerprint density at radius 3 is 2.77 bits per heavy atom. The molecule has 2 aromatic heterocycles. The van der Waals surface area contributed by atoms with E-state index in [0.29, 0.717) is 26.5 Å². The van der Waals surface area contributed by atoms with Crippen molar-refractivity contribution in [1.82, 2.24) is 20.2 Å².